The number of fused-ring (bicyclic) bond motifs is 6. The fourth-order valence-electron chi connectivity index (χ4n) is 14.7. The van der Waals surface area contributed by atoms with Crippen molar-refractivity contribution >= 4 is 34.1 Å². The molecule has 2 aliphatic heterocycles. The summed E-state index contributed by atoms with van der Waals surface area (Å²) in [6.45, 7) is 65.4. The maximum atomic E-state index is 3.88. The van der Waals surface area contributed by atoms with E-state index in [-0.39, 0.29) is 86.0 Å². The second-order valence-corrected chi connectivity index (χ2v) is 28.9. The van der Waals surface area contributed by atoms with Crippen LogP contribution in [-0.4, -0.2) is 13.1 Å². The zero-order valence-corrected chi connectivity index (χ0v) is 49.6. The summed E-state index contributed by atoms with van der Waals surface area (Å²) in [6, 6.07) is 27.6. The minimum Gasteiger partial charge on any atom is -0.500 e. The SMILES string of the molecule is CC1(C)c2c[c-]c(N3[CH-]N(CCN4[CH-]N(c5[c-]cc6c(c5)C(C)(C)C(C)(C)C6(C)C)c5cc6c(cc54)C(C)(C)C(C)(C)C6(C)C)c4cc5c(cc43)C(C)(C)C(C)(C)C5(C)C)cc2C(C)(C)C1(C)C.[Pt+4]. The van der Waals surface area contributed by atoms with Crippen molar-refractivity contribution in [1.82, 2.24) is 0 Å². The number of anilines is 6. The molecule has 0 bridgehead atoms. The van der Waals surface area contributed by atoms with Crippen LogP contribution in [0.15, 0.2) is 48.5 Å². The Hall–Kier alpha value is -3.23. The molecule has 4 nitrogen and oxygen atoms in total. The monoisotopic (exact) mass is 1110 g/mol. The molecule has 0 saturated heterocycles. The van der Waals surface area contributed by atoms with Gasteiger partial charge in [-0.25, -0.2) is 0 Å². The molecule has 372 valence electrons. The van der Waals surface area contributed by atoms with Crippen molar-refractivity contribution in [2.75, 3.05) is 32.7 Å². The molecule has 0 N–H and O–H groups in total. The van der Waals surface area contributed by atoms with Gasteiger partial charge in [0.05, 0.1) is 0 Å². The zero-order valence-electron chi connectivity index (χ0n) is 47.3. The first-order valence-corrected chi connectivity index (χ1v) is 26.1. The Kier molecular flexibility index (Phi) is 10.3. The van der Waals surface area contributed by atoms with Crippen molar-refractivity contribution in [1.29, 1.82) is 0 Å². The molecule has 10 rings (SSSR count). The van der Waals surface area contributed by atoms with Gasteiger partial charge >= 0.3 is 21.1 Å². The Labute approximate surface area is 435 Å². The molecular weight excluding hydrogens is 1020 g/mol. The molecule has 6 aliphatic rings. The number of hydrogen-bond donors (Lipinski definition) is 0. The van der Waals surface area contributed by atoms with Gasteiger partial charge in [-0.3, -0.25) is 0 Å². The van der Waals surface area contributed by atoms with Gasteiger partial charge < -0.3 is 19.6 Å². The first-order chi connectivity index (χ1) is 30.8. The molecule has 0 spiro atoms. The molecule has 4 aliphatic carbocycles. The van der Waals surface area contributed by atoms with E-state index in [2.05, 4.69) is 260 Å². The molecule has 4 aromatic rings. The van der Waals surface area contributed by atoms with E-state index in [4.69, 9.17) is 0 Å². The average Bonchev–Trinajstić information content (AvgIpc) is 3.89. The Morgan fingerprint density at radius 2 is 0.536 bits per heavy atom. The summed E-state index contributed by atoms with van der Waals surface area (Å²) in [5.74, 6) is 0. The summed E-state index contributed by atoms with van der Waals surface area (Å²) in [4.78, 5) is 10.0. The number of rotatable bonds is 5. The van der Waals surface area contributed by atoms with Crippen LogP contribution in [0.25, 0.3) is 0 Å². The summed E-state index contributed by atoms with van der Waals surface area (Å²) in [7, 11) is 0. The second-order valence-electron chi connectivity index (χ2n) is 28.9. The number of benzene rings is 4. The van der Waals surface area contributed by atoms with E-state index in [0.717, 1.165) is 24.5 Å². The molecule has 0 atom stereocenters. The molecule has 69 heavy (non-hydrogen) atoms. The minimum absolute atomic E-state index is 0. The fraction of sp³-hybridized carbons (Fsp3) is 0.594. The van der Waals surface area contributed by atoms with E-state index < -0.39 is 0 Å². The Morgan fingerprint density at radius 1 is 0.319 bits per heavy atom. The van der Waals surface area contributed by atoms with Crippen LogP contribution in [0.3, 0.4) is 0 Å². The molecule has 0 amide bonds. The zero-order chi connectivity index (χ0) is 50.3. The first-order valence-electron chi connectivity index (χ1n) is 26.1. The third-order valence-corrected chi connectivity index (χ3v) is 24.7. The van der Waals surface area contributed by atoms with Gasteiger partial charge in [0.25, 0.3) is 0 Å². The molecule has 0 unspecified atom stereocenters. The maximum absolute atomic E-state index is 3.88. The Bertz CT molecular complexity index is 2640. The van der Waals surface area contributed by atoms with Crippen LogP contribution in [0.4, 0.5) is 34.1 Å². The summed E-state index contributed by atoms with van der Waals surface area (Å²) < 4.78 is 0. The van der Waals surface area contributed by atoms with Crippen molar-refractivity contribution in [3.63, 3.8) is 0 Å². The van der Waals surface area contributed by atoms with Crippen LogP contribution < -0.4 is 19.6 Å². The van der Waals surface area contributed by atoms with Crippen molar-refractivity contribution in [3.8, 4) is 0 Å². The quantitative estimate of drug-likeness (QED) is 0.185. The Balaban J connectivity index is 0.00000593. The number of nitrogens with zero attached hydrogens (tertiary/aromatic N) is 4. The molecular formula is C64H86N4Pt. The molecule has 0 aromatic heterocycles. The van der Waals surface area contributed by atoms with E-state index >= 15 is 0 Å². The van der Waals surface area contributed by atoms with Crippen LogP contribution in [0.2, 0.25) is 0 Å². The van der Waals surface area contributed by atoms with E-state index in [1.807, 2.05) is 0 Å². The molecule has 0 fully saturated rings. The summed E-state index contributed by atoms with van der Waals surface area (Å²) in [5, 5.41) is 0. The van der Waals surface area contributed by atoms with E-state index in [1.54, 1.807) is 0 Å². The molecule has 5 heteroatoms. The molecule has 0 saturated carbocycles. The van der Waals surface area contributed by atoms with Crippen LogP contribution in [0.5, 0.6) is 0 Å². The van der Waals surface area contributed by atoms with Crippen molar-refractivity contribution in [2.45, 2.75) is 209 Å². The predicted molar refractivity (Wildman–Crippen MR) is 290 cm³/mol. The Morgan fingerprint density at radius 3 is 0.797 bits per heavy atom. The van der Waals surface area contributed by atoms with Gasteiger partial charge in [0.2, 0.25) is 0 Å². The van der Waals surface area contributed by atoms with Crippen LogP contribution in [0.1, 0.15) is 211 Å². The standard InChI is InChI=1S/C64H86N4.Pt/c1-53(2)41-27-25-39(31-43(41)55(5,6)61(53,17)18)67-37-65(49-33-45-47(35-51(49)67)59(13,14)63(21,22)57(45,9)10)29-30-66-38-68(40-26-28-42-44(32-40)56(7,8)62(19,20)54(42,3)4)52-36-48-46(34-50(52)66)58(11,12)64(23,24)60(48,15)16;/h27-28,31-38H,29-30H2,1-24H3;/q-4;+4. The number of hydrogen-bond acceptors (Lipinski definition) is 4. The average molecular weight is 1110 g/mol. The minimum atomic E-state index is -0.0121. The largest absolute Gasteiger partial charge is 4.00 e. The third-order valence-electron chi connectivity index (χ3n) is 24.7. The van der Waals surface area contributed by atoms with Crippen LogP contribution in [0, 0.1) is 47.1 Å². The van der Waals surface area contributed by atoms with Gasteiger partial charge in [0.15, 0.2) is 0 Å². The fourth-order valence-corrected chi connectivity index (χ4v) is 14.7. The summed E-state index contributed by atoms with van der Waals surface area (Å²) in [5.41, 5.74) is 19.2. The normalized spacial score (nSPS) is 25.7. The molecule has 2 heterocycles. The topological polar surface area (TPSA) is 13.0 Å². The summed E-state index contributed by atoms with van der Waals surface area (Å²) in [6.07, 6.45) is 0. The predicted octanol–water partition coefficient (Wildman–Crippen LogP) is 16.5. The van der Waals surface area contributed by atoms with Gasteiger partial charge in [-0.1, -0.05) is 166 Å². The second kappa shape index (κ2) is 14.1. The van der Waals surface area contributed by atoms with Crippen LogP contribution in [-0.2, 0) is 64.4 Å². The van der Waals surface area contributed by atoms with Crippen molar-refractivity contribution in [2.24, 2.45) is 21.7 Å². The van der Waals surface area contributed by atoms with Gasteiger partial charge in [-0.05, 0) is 111 Å². The van der Waals surface area contributed by atoms with Gasteiger partial charge in [0.1, 0.15) is 0 Å². The van der Waals surface area contributed by atoms with Crippen molar-refractivity contribution in [3.05, 3.63) is 119 Å². The molecule has 4 aromatic carbocycles. The summed E-state index contributed by atoms with van der Waals surface area (Å²) >= 11 is 0. The van der Waals surface area contributed by atoms with E-state index in [0.29, 0.717) is 0 Å². The maximum Gasteiger partial charge on any atom is 4.00 e. The van der Waals surface area contributed by atoms with Gasteiger partial charge in [-0.15, -0.1) is 45.8 Å². The van der Waals surface area contributed by atoms with Crippen LogP contribution >= 0.6 is 0 Å². The van der Waals surface area contributed by atoms with E-state index in [1.165, 1.54) is 67.3 Å². The first kappa shape index (κ1) is 50.7. The van der Waals surface area contributed by atoms with Crippen molar-refractivity contribution < 1.29 is 21.1 Å². The third kappa shape index (κ3) is 5.69. The van der Waals surface area contributed by atoms with Gasteiger partial charge in [0, 0.05) is 35.8 Å². The smallest absolute Gasteiger partial charge is 0.500 e. The van der Waals surface area contributed by atoms with E-state index in [9.17, 15) is 0 Å². The van der Waals surface area contributed by atoms with Gasteiger partial charge in [-0.2, -0.15) is 37.6 Å². The molecule has 0 radical (unpaired) electrons.